The van der Waals surface area contributed by atoms with Crippen LogP contribution in [0.25, 0.3) is 5.69 Å². The molecule has 1 aromatic heterocycles. The topological polar surface area (TPSA) is 60.2 Å². The van der Waals surface area contributed by atoms with Gasteiger partial charge in [0.2, 0.25) is 5.91 Å². The maximum absolute atomic E-state index is 12.9. The fourth-order valence-corrected chi connectivity index (χ4v) is 4.55. The van der Waals surface area contributed by atoms with E-state index in [-0.39, 0.29) is 18.0 Å². The van der Waals surface area contributed by atoms with Gasteiger partial charge in [-0.2, -0.15) is 0 Å². The molecule has 2 aromatic carbocycles. The number of para-hydroxylation sites is 2. The van der Waals surface area contributed by atoms with E-state index in [9.17, 15) is 4.79 Å². The summed E-state index contributed by atoms with van der Waals surface area (Å²) in [5.74, 6) is 1.93. The molecule has 0 aliphatic rings. The third-order valence-electron chi connectivity index (χ3n) is 4.96. The van der Waals surface area contributed by atoms with Crippen LogP contribution in [0.3, 0.4) is 0 Å². The van der Waals surface area contributed by atoms with E-state index in [1.165, 1.54) is 11.8 Å². The third-order valence-corrected chi connectivity index (χ3v) is 5.87. The minimum absolute atomic E-state index is 0.0918. The van der Waals surface area contributed by atoms with Gasteiger partial charge in [0.05, 0.1) is 18.6 Å². The summed E-state index contributed by atoms with van der Waals surface area (Å²) in [5.41, 5.74) is 2.00. The Bertz CT molecular complexity index is 994. The zero-order valence-electron chi connectivity index (χ0n) is 18.8. The summed E-state index contributed by atoms with van der Waals surface area (Å²) in [7, 11) is 1.65. The minimum atomic E-state index is 0.0918. The number of carbonyl (C=O) groups excluding carboxylic acids is 1. The number of thioether (sulfide) groups is 1. The molecule has 3 rings (SSSR count). The Morgan fingerprint density at radius 2 is 1.65 bits per heavy atom. The lowest BCUT2D eigenvalue weighted by molar-refractivity contribution is -0.131. The van der Waals surface area contributed by atoms with E-state index >= 15 is 0 Å². The normalized spacial score (nSPS) is 11.2. The Kier molecular flexibility index (Phi) is 7.74. The second kappa shape index (κ2) is 10.5. The number of ether oxygens (including phenoxy) is 1. The summed E-state index contributed by atoms with van der Waals surface area (Å²) in [6.45, 7) is 8.16. The summed E-state index contributed by atoms with van der Waals surface area (Å²) >= 11 is 1.41. The number of amides is 1. The molecule has 0 aliphatic carbocycles. The molecule has 0 atom stereocenters. The lowest BCUT2D eigenvalue weighted by Gasteiger charge is -2.30. The van der Waals surface area contributed by atoms with E-state index in [4.69, 9.17) is 4.74 Å². The third kappa shape index (κ3) is 5.47. The maximum Gasteiger partial charge on any atom is 0.233 e. The van der Waals surface area contributed by atoms with Crippen molar-refractivity contribution in [1.29, 1.82) is 0 Å². The molecule has 0 saturated carbocycles. The molecule has 0 unspecified atom stereocenters. The predicted molar refractivity (Wildman–Crippen MR) is 125 cm³/mol. The highest BCUT2D eigenvalue weighted by Gasteiger charge is 2.23. The van der Waals surface area contributed by atoms with E-state index in [0.717, 1.165) is 22.8 Å². The second-order valence-electron chi connectivity index (χ2n) is 7.85. The highest BCUT2D eigenvalue weighted by Crippen LogP contribution is 2.29. The quantitative estimate of drug-likeness (QED) is 0.457. The average Bonchev–Trinajstić information content (AvgIpc) is 3.14. The van der Waals surface area contributed by atoms with Crippen molar-refractivity contribution in [2.24, 2.45) is 0 Å². The number of hydrogen-bond acceptors (Lipinski definition) is 5. The van der Waals surface area contributed by atoms with Crippen molar-refractivity contribution >= 4 is 17.7 Å². The Hall–Kier alpha value is -2.80. The van der Waals surface area contributed by atoms with Gasteiger partial charge >= 0.3 is 0 Å². The van der Waals surface area contributed by atoms with Gasteiger partial charge in [0, 0.05) is 18.5 Å². The number of hydrogen-bond donors (Lipinski definition) is 0. The molecule has 0 saturated heterocycles. The van der Waals surface area contributed by atoms with Crippen LogP contribution in [0.2, 0.25) is 0 Å². The molecule has 3 aromatic rings. The Morgan fingerprint density at radius 3 is 2.29 bits per heavy atom. The Morgan fingerprint density at radius 1 is 1.00 bits per heavy atom. The smallest absolute Gasteiger partial charge is 0.233 e. The second-order valence-corrected chi connectivity index (χ2v) is 8.79. The molecule has 7 heteroatoms. The molecule has 0 N–H and O–H groups in total. The van der Waals surface area contributed by atoms with Crippen LogP contribution in [0.5, 0.6) is 5.75 Å². The Labute approximate surface area is 188 Å². The van der Waals surface area contributed by atoms with Crippen LogP contribution in [0.15, 0.2) is 59.8 Å². The van der Waals surface area contributed by atoms with Crippen molar-refractivity contribution < 1.29 is 9.53 Å². The standard InChI is InChI=1S/C24H30N4O2S/c1-17(2)27(18(3)4)23(29)16-31-24-26-25-22(15-19-11-7-6-8-12-19)28(24)20-13-9-10-14-21(20)30-5/h6-14,17-18H,15-16H2,1-5H3. The van der Waals surface area contributed by atoms with Crippen molar-refractivity contribution in [1.82, 2.24) is 19.7 Å². The molecule has 164 valence electrons. The number of methoxy groups -OCH3 is 1. The first kappa shape index (κ1) is 22.9. The molecular weight excluding hydrogens is 408 g/mol. The van der Waals surface area contributed by atoms with E-state index in [2.05, 4.69) is 22.3 Å². The lowest BCUT2D eigenvalue weighted by Crippen LogP contribution is -2.43. The summed E-state index contributed by atoms with van der Waals surface area (Å²) in [6.07, 6.45) is 0.629. The van der Waals surface area contributed by atoms with Crippen LogP contribution in [-0.2, 0) is 11.2 Å². The van der Waals surface area contributed by atoms with Crippen molar-refractivity contribution in [3.8, 4) is 11.4 Å². The van der Waals surface area contributed by atoms with Crippen molar-refractivity contribution in [2.45, 2.75) is 51.4 Å². The van der Waals surface area contributed by atoms with Crippen LogP contribution < -0.4 is 4.74 Å². The minimum Gasteiger partial charge on any atom is -0.495 e. The monoisotopic (exact) mass is 438 g/mol. The SMILES string of the molecule is COc1ccccc1-n1c(Cc2ccccc2)nnc1SCC(=O)N(C(C)C)C(C)C. The van der Waals surface area contributed by atoms with Gasteiger partial charge in [-0.3, -0.25) is 9.36 Å². The van der Waals surface area contributed by atoms with Gasteiger partial charge < -0.3 is 9.64 Å². The van der Waals surface area contributed by atoms with Crippen molar-refractivity contribution in [2.75, 3.05) is 12.9 Å². The van der Waals surface area contributed by atoms with Gasteiger partial charge in [-0.05, 0) is 45.4 Å². The van der Waals surface area contributed by atoms with Gasteiger partial charge in [0.25, 0.3) is 0 Å². The number of carbonyl (C=O) groups is 1. The van der Waals surface area contributed by atoms with E-state index in [0.29, 0.717) is 17.3 Å². The molecule has 31 heavy (non-hydrogen) atoms. The van der Waals surface area contributed by atoms with Crippen LogP contribution in [0, 0.1) is 0 Å². The zero-order chi connectivity index (χ0) is 22.4. The molecule has 0 radical (unpaired) electrons. The van der Waals surface area contributed by atoms with Gasteiger partial charge in [0.1, 0.15) is 11.6 Å². The number of benzene rings is 2. The molecular formula is C24H30N4O2S. The molecule has 0 aliphatic heterocycles. The molecule has 0 bridgehead atoms. The van der Waals surface area contributed by atoms with Crippen LogP contribution in [0.4, 0.5) is 0 Å². The first-order valence-electron chi connectivity index (χ1n) is 10.5. The van der Waals surface area contributed by atoms with Crippen LogP contribution >= 0.6 is 11.8 Å². The summed E-state index contributed by atoms with van der Waals surface area (Å²) in [6, 6.07) is 18.3. The molecule has 0 spiro atoms. The van der Waals surface area contributed by atoms with Gasteiger partial charge in [0.15, 0.2) is 5.16 Å². The first-order valence-corrected chi connectivity index (χ1v) is 11.5. The summed E-state index contributed by atoms with van der Waals surface area (Å²) in [5, 5.41) is 9.58. The van der Waals surface area contributed by atoms with Gasteiger partial charge in [-0.1, -0.05) is 54.2 Å². The van der Waals surface area contributed by atoms with E-state index in [1.54, 1.807) is 7.11 Å². The first-order chi connectivity index (χ1) is 14.9. The highest BCUT2D eigenvalue weighted by molar-refractivity contribution is 7.99. The fourth-order valence-electron chi connectivity index (χ4n) is 3.72. The molecule has 0 fully saturated rings. The molecule has 6 nitrogen and oxygen atoms in total. The van der Waals surface area contributed by atoms with Crippen LogP contribution in [-0.4, -0.2) is 50.5 Å². The van der Waals surface area contributed by atoms with E-state index in [1.807, 2.05) is 79.6 Å². The average molecular weight is 439 g/mol. The van der Waals surface area contributed by atoms with Crippen molar-refractivity contribution in [3.63, 3.8) is 0 Å². The van der Waals surface area contributed by atoms with Gasteiger partial charge in [-0.25, -0.2) is 0 Å². The number of rotatable bonds is 9. The van der Waals surface area contributed by atoms with E-state index < -0.39 is 0 Å². The maximum atomic E-state index is 12.9. The highest BCUT2D eigenvalue weighted by atomic mass is 32.2. The van der Waals surface area contributed by atoms with Crippen molar-refractivity contribution in [3.05, 3.63) is 66.0 Å². The lowest BCUT2D eigenvalue weighted by atomic mass is 10.1. The summed E-state index contributed by atoms with van der Waals surface area (Å²) < 4.78 is 7.59. The molecule has 1 amide bonds. The fraction of sp³-hybridized carbons (Fsp3) is 0.375. The van der Waals surface area contributed by atoms with Crippen LogP contribution in [0.1, 0.15) is 39.1 Å². The number of aromatic nitrogens is 3. The number of nitrogens with zero attached hydrogens (tertiary/aromatic N) is 4. The zero-order valence-corrected chi connectivity index (χ0v) is 19.6. The van der Waals surface area contributed by atoms with Gasteiger partial charge in [-0.15, -0.1) is 10.2 Å². The Balaban J connectivity index is 1.94. The molecule has 1 heterocycles. The largest absolute Gasteiger partial charge is 0.495 e. The summed E-state index contributed by atoms with van der Waals surface area (Å²) in [4.78, 5) is 14.8. The predicted octanol–water partition coefficient (Wildman–Crippen LogP) is 4.60.